The van der Waals surface area contributed by atoms with Crippen molar-refractivity contribution in [2.75, 3.05) is 20.6 Å². The SMILES string of the molecule is CC.CN(C)C(C)(C)CN/C=C\C(N)N. The molecule has 4 nitrogen and oxygen atoms in total. The fourth-order valence-electron chi connectivity index (χ4n) is 0.646. The molecule has 92 valence electrons. The molecule has 0 amide bonds. The summed E-state index contributed by atoms with van der Waals surface area (Å²) in [6.45, 7) is 9.19. The van der Waals surface area contributed by atoms with Gasteiger partial charge < -0.3 is 21.7 Å². The Kier molecular flexibility index (Phi) is 9.77. The van der Waals surface area contributed by atoms with Crippen LogP contribution in [0, 0.1) is 0 Å². The highest BCUT2D eigenvalue weighted by molar-refractivity contribution is 4.89. The zero-order valence-corrected chi connectivity index (χ0v) is 11.0. The Morgan fingerprint density at radius 2 is 1.73 bits per heavy atom. The topological polar surface area (TPSA) is 67.3 Å². The summed E-state index contributed by atoms with van der Waals surface area (Å²) in [6.07, 6.45) is 3.15. The maximum absolute atomic E-state index is 5.34. The Bertz CT molecular complexity index is 162. The largest absolute Gasteiger partial charge is 0.389 e. The van der Waals surface area contributed by atoms with E-state index in [9.17, 15) is 0 Å². The van der Waals surface area contributed by atoms with Crippen LogP contribution in [0.5, 0.6) is 0 Å². The quantitative estimate of drug-likeness (QED) is 0.592. The molecule has 0 atom stereocenters. The molecule has 5 N–H and O–H groups in total. The molecule has 0 aromatic carbocycles. The molecule has 15 heavy (non-hydrogen) atoms. The summed E-state index contributed by atoms with van der Waals surface area (Å²) in [6, 6.07) is 0. The van der Waals surface area contributed by atoms with Gasteiger partial charge in [0.25, 0.3) is 0 Å². The smallest absolute Gasteiger partial charge is 0.0730 e. The Hall–Kier alpha value is -0.580. The van der Waals surface area contributed by atoms with Gasteiger partial charge in [-0.1, -0.05) is 13.8 Å². The fraction of sp³-hybridized carbons (Fsp3) is 0.818. The second-order valence-electron chi connectivity index (χ2n) is 4.02. The average Bonchev–Trinajstić information content (AvgIpc) is 2.15. The third kappa shape index (κ3) is 9.72. The highest BCUT2D eigenvalue weighted by atomic mass is 15.2. The molecule has 0 rings (SSSR count). The van der Waals surface area contributed by atoms with Crippen LogP contribution >= 0.6 is 0 Å². The van der Waals surface area contributed by atoms with E-state index >= 15 is 0 Å². The van der Waals surface area contributed by atoms with Crippen molar-refractivity contribution in [3.8, 4) is 0 Å². The molecule has 0 radical (unpaired) electrons. The van der Waals surface area contributed by atoms with E-state index in [1.807, 2.05) is 13.8 Å². The van der Waals surface area contributed by atoms with Crippen molar-refractivity contribution in [1.82, 2.24) is 10.2 Å². The minimum absolute atomic E-state index is 0.128. The molecule has 0 aliphatic heterocycles. The van der Waals surface area contributed by atoms with Gasteiger partial charge in [0.1, 0.15) is 0 Å². The van der Waals surface area contributed by atoms with Crippen molar-refractivity contribution < 1.29 is 0 Å². The summed E-state index contributed by atoms with van der Waals surface area (Å²) < 4.78 is 0. The molecule has 0 saturated heterocycles. The summed E-state index contributed by atoms with van der Waals surface area (Å²) >= 11 is 0. The lowest BCUT2D eigenvalue weighted by Gasteiger charge is -2.32. The number of hydrogen-bond donors (Lipinski definition) is 3. The predicted molar refractivity (Wildman–Crippen MR) is 68.4 cm³/mol. The molecule has 0 aliphatic carbocycles. The van der Waals surface area contributed by atoms with Crippen LogP contribution in [0.25, 0.3) is 0 Å². The lowest BCUT2D eigenvalue weighted by Crippen LogP contribution is -2.45. The molecule has 0 aliphatic rings. The molecule has 0 heterocycles. The number of likely N-dealkylation sites (N-methyl/N-ethyl adjacent to an activating group) is 1. The van der Waals surface area contributed by atoms with Gasteiger partial charge in [-0.2, -0.15) is 0 Å². The van der Waals surface area contributed by atoms with E-state index in [0.29, 0.717) is 0 Å². The lowest BCUT2D eigenvalue weighted by molar-refractivity contribution is 0.196. The number of nitrogens with zero attached hydrogens (tertiary/aromatic N) is 1. The first kappa shape index (κ1) is 16.8. The Morgan fingerprint density at radius 3 is 2.07 bits per heavy atom. The van der Waals surface area contributed by atoms with Crippen LogP contribution in [-0.2, 0) is 0 Å². The minimum atomic E-state index is -0.380. The molecular formula is C11H28N4. The Balaban J connectivity index is 0. The van der Waals surface area contributed by atoms with Crippen LogP contribution in [0.4, 0.5) is 0 Å². The first-order valence-corrected chi connectivity index (χ1v) is 5.45. The van der Waals surface area contributed by atoms with Crippen molar-refractivity contribution in [2.24, 2.45) is 11.5 Å². The minimum Gasteiger partial charge on any atom is -0.389 e. The van der Waals surface area contributed by atoms with E-state index in [1.54, 1.807) is 12.3 Å². The summed E-state index contributed by atoms with van der Waals surface area (Å²) in [7, 11) is 4.11. The number of rotatable bonds is 5. The third-order valence-corrected chi connectivity index (χ3v) is 2.18. The molecule has 0 fully saturated rings. The lowest BCUT2D eigenvalue weighted by atomic mass is 10.1. The van der Waals surface area contributed by atoms with Gasteiger partial charge in [0.15, 0.2) is 0 Å². The zero-order chi connectivity index (χ0) is 12.5. The van der Waals surface area contributed by atoms with Gasteiger partial charge >= 0.3 is 0 Å². The summed E-state index contributed by atoms with van der Waals surface area (Å²) in [5.41, 5.74) is 10.8. The summed E-state index contributed by atoms with van der Waals surface area (Å²) in [5, 5.41) is 3.16. The number of nitrogens with one attached hydrogen (secondary N) is 1. The van der Waals surface area contributed by atoms with Crippen LogP contribution in [0.15, 0.2) is 12.3 Å². The predicted octanol–water partition coefficient (Wildman–Crippen LogP) is 0.700. The van der Waals surface area contributed by atoms with Crippen LogP contribution in [0.2, 0.25) is 0 Å². The van der Waals surface area contributed by atoms with Crippen LogP contribution in [0.1, 0.15) is 27.7 Å². The molecule has 0 bridgehead atoms. The van der Waals surface area contributed by atoms with Crippen molar-refractivity contribution >= 4 is 0 Å². The van der Waals surface area contributed by atoms with Crippen LogP contribution in [-0.4, -0.2) is 37.2 Å². The Morgan fingerprint density at radius 1 is 1.27 bits per heavy atom. The fourth-order valence-corrected chi connectivity index (χ4v) is 0.646. The second-order valence-corrected chi connectivity index (χ2v) is 4.02. The molecule has 0 aromatic heterocycles. The molecule has 0 spiro atoms. The van der Waals surface area contributed by atoms with Crippen LogP contribution in [0.3, 0.4) is 0 Å². The van der Waals surface area contributed by atoms with Gasteiger partial charge in [0.2, 0.25) is 0 Å². The highest BCUT2D eigenvalue weighted by Crippen LogP contribution is 2.07. The maximum Gasteiger partial charge on any atom is 0.0730 e. The molecule has 0 unspecified atom stereocenters. The van der Waals surface area contributed by atoms with E-state index in [0.717, 1.165) is 6.54 Å². The van der Waals surface area contributed by atoms with Crippen molar-refractivity contribution in [3.05, 3.63) is 12.3 Å². The van der Waals surface area contributed by atoms with E-state index in [4.69, 9.17) is 11.5 Å². The van der Waals surface area contributed by atoms with E-state index in [2.05, 4.69) is 38.2 Å². The molecule has 0 saturated carbocycles. The zero-order valence-electron chi connectivity index (χ0n) is 11.0. The van der Waals surface area contributed by atoms with Gasteiger partial charge in [-0.25, -0.2) is 0 Å². The first-order valence-electron chi connectivity index (χ1n) is 5.45. The monoisotopic (exact) mass is 216 g/mol. The van der Waals surface area contributed by atoms with Crippen molar-refractivity contribution in [2.45, 2.75) is 39.4 Å². The van der Waals surface area contributed by atoms with E-state index in [1.165, 1.54) is 0 Å². The third-order valence-electron chi connectivity index (χ3n) is 2.18. The van der Waals surface area contributed by atoms with E-state index < -0.39 is 0 Å². The van der Waals surface area contributed by atoms with Crippen molar-refractivity contribution in [1.29, 1.82) is 0 Å². The summed E-state index contributed by atoms with van der Waals surface area (Å²) in [4.78, 5) is 2.16. The number of nitrogens with two attached hydrogens (primary N) is 2. The highest BCUT2D eigenvalue weighted by Gasteiger charge is 2.18. The van der Waals surface area contributed by atoms with Crippen LogP contribution < -0.4 is 16.8 Å². The average molecular weight is 216 g/mol. The number of hydrogen-bond acceptors (Lipinski definition) is 4. The molecular weight excluding hydrogens is 188 g/mol. The maximum atomic E-state index is 5.34. The molecule has 4 heteroatoms. The normalized spacial score (nSPS) is 11.9. The van der Waals surface area contributed by atoms with Gasteiger partial charge in [0, 0.05) is 12.1 Å². The van der Waals surface area contributed by atoms with E-state index in [-0.39, 0.29) is 11.7 Å². The van der Waals surface area contributed by atoms with Crippen molar-refractivity contribution in [3.63, 3.8) is 0 Å². The molecule has 0 aromatic rings. The van der Waals surface area contributed by atoms with Gasteiger partial charge in [0.05, 0.1) is 6.17 Å². The first-order chi connectivity index (χ1) is 6.86. The van der Waals surface area contributed by atoms with Gasteiger partial charge in [-0.05, 0) is 40.2 Å². The van der Waals surface area contributed by atoms with Gasteiger partial charge in [-0.3, -0.25) is 0 Å². The van der Waals surface area contributed by atoms with Gasteiger partial charge in [-0.15, -0.1) is 0 Å². The standard InChI is InChI=1S/C9H22N4.C2H6/c1-9(2,13(3)4)7-12-6-5-8(10)11;1-2/h5-6,8,12H,7,10-11H2,1-4H3;1-2H3/b6-5-;. The summed E-state index contributed by atoms with van der Waals surface area (Å²) in [5.74, 6) is 0. The second kappa shape index (κ2) is 8.71. The Labute approximate surface area is 94.7 Å².